The van der Waals surface area contributed by atoms with E-state index >= 15 is 0 Å². The van der Waals surface area contributed by atoms with Crippen molar-refractivity contribution in [1.29, 1.82) is 0 Å². The predicted octanol–water partition coefficient (Wildman–Crippen LogP) is 5.01. The van der Waals surface area contributed by atoms with Crippen molar-refractivity contribution in [1.82, 2.24) is 19.5 Å². The normalized spacial score (nSPS) is 16.2. The number of fused-ring (bicyclic) bond motifs is 2. The molecule has 1 atom stereocenters. The van der Waals surface area contributed by atoms with E-state index in [1.54, 1.807) is 0 Å². The molecule has 6 nitrogen and oxygen atoms in total. The fourth-order valence-corrected chi connectivity index (χ4v) is 5.78. The largest absolute Gasteiger partial charge is 0.593 e. The van der Waals surface area contributed by atoms with Crippen molar-refractivity contribution in [2.24, 2.45) is 5.14 Å². The van der Waals surface area contributed by atoms with Crippen LogP contribution in [0.5, 0.6) is 0 Å². The average molecular weight is 482 g/mol. The number of aromatic nitrogens is 3. The fourth-order valence-electron chi connectivity index (χ4n) is 5.19. The highest BCUT2D eigenvalue weighted by Crippen LogP contribution is 2.35. The van der Waals surface area contributed by atoms with Gasteiger partial charge in [0.1, 0.15) is 0 Å². The minimum absolute atomic E-state index is 0.625. The molecule has 3 aromatic carbocycles. The molecule has 1 aliphatic rings. The summed E-state index contributed by atoms with van der Waals surface area (Å²) in [6, 6.07) is 20.6. The highest BCUT2D eigenvalue weighted by molar-refractivity contribution is 7.89. The first kappa shape index (κ1) is 22.2. The van der Waals surface area contributed by atoms with E-state index < -0.39 is 11.4 Å². The Hall–Kier alpha value is -3.23. The van der Waals surface area contributed by atoms with Crippen LogP contribution in [0.15, 0.2) is 84.1 Å². The van der Waals surface area contributed by atoms with Crippen molar-refractivity contribution in [2.45, 2.75) is 23.7 Å². The van der Waals surface area contributed by atoms with Gasteiger partial charge in [0, 0.05) is 28.9 Å². The van der Waals surface area contributed by atoms with Crippen LogP contribution in [0.25, 0.3) is 38.7 Å². The molecule has 0 saturated carbocycles. The van der Waals surface area contributed by atoms with E-state index in [0.717, 1.165) is 51.8 Å². The smallest absolute Gasteiger partial charge is 0.181 e. The van der Waals surface area contributed by atoms with Crippen LogP contribution < -0.4 is 5.14 Å². The van der Waals surface area contributed by atoms with Gasteiger partial charge in [0.15, 0.2) is 10.5 Å². The summed E-state index contributed by atoms with van der Waals surface area (Å²) in [5, 5.41) is 12.2. The third-order valence-corrected chi connectivity index (χ3v) is 7.97. The maximum absolute atomic E-state index is 12.0. The van der Waals surface area contributed by atoms with Crippen molar-refractivity contribution in [2.75, 3.05) is 20.1 Å². The maximum Gasteiger partial charge on any atom is 0.181 e. The summed E-state index contributed by atoms with van der Waals surface area (Å²) >= 11 is -1.55. The van der Waals surface area contributed by atoms with Gasteiger partial charge in [-0.1, -0.05) is 42.5 Å². The molecule has 7 heteroatoms. The summed E-state index contributed by atoms with van der Waals surface area (Å²) in [6.07, 6.45) is 8.22. The number of hydrogen-bond acceptors (Lipinski definition) is 5. The van der Waals surface area contributed by atoms with Crippen molar-refractivity contribution < 1.29 is 4.55 Å². The Balaban J connectivity index is 1.34. The Morgan fingerprint density at radius 3 is 2.37 bits per heavy atom. The highest BCUT2D eigenvalue weighted by Gasteiger charge is 2.19. The van der Waals surface area contributed by atoms with Gasteiger partial charge in [-0.25, -0.2) is 9.50 Å². The van der Waals surface area contributed by atoms with E-state index in [9.17, 15) is 4.55 Å². The van der Waals surface area contributed by atoms with Gasteiger partial charge < -0.3 is 9.45 Å². The zero-order chi connectivity index (χ0) is 23.9. The van der Waals surface area contributed by atoms with Crippen molar-refractivity contribution in [3.05, 3.63) is 84.8 Å². The Morgan fingerprint density at radius 2 is 1.63 bits per heavy atom. The third kappa shape index (κ3) is 4.10. The van der Waals surface area contributed by atoms with Crippen LogP contribution in [0, 0.1) is 0 Å². The Labute approximate surface area is 207 Å². The molecule has 2 aromatic heterocycles. The van der Waals surface area contributed by atoms with Crippen LogP contribution >= 0.6 is 0 Å². The second kappa shape index (κ2) is 9.09. The molecular weight excluding hydrogens is 454 g/mol. The van der Waals surface area contributed by atoms with Gasteiger partial charge in [-0.3, -0.25) is 0 Å². The zero-order valence-corrected chi connectivity index (χ0v) is 20.4. The quantitative estimate of drug-likeness (QED) is 0.365. The molecule has 1 saturated heterocycles. The minimum Gasteiger partial charge on any atom is -0.593 e. The van der Waals surface area contributed by atoms with Crippen LogP contribution in [0.1, 0.15) is 24.3 Å². The second-order valence-electron chi connectivity index (χ2n) is 9.32. The lowest BCUT2D eigenvalue weighted by Crippen LogP contribution is -2.29. The van der Waals surface area contributed by atoms with Crippen molar-refractivity contribution in [3.63, 3.8) is 0 Å². The highest BCUT2D eigenvalue weighted by atomic mass is 32.2. The van der Waals surface area contributed by atoms with Crippen molar-refractivity contribution >= 4 is 27.8 Å². The van der Waals surface area contributed by atoms with E-state index in [1.807, 2.05) is 59.5 Å². The summed E-state index contributed by atoms with van der Waals surface area (Å²) in [5.41, 5.74) is 6.29. The van der Waals surface area contributed by atoms with Gasteiger partial charge in [0.05, 0.1) is 17.6 Å². The van der Waals surface area contributed by atoms with Gasteiger partial charge >= 0.3 is 0 Å². The summed E-state index contributed by atoms with van der Waals surface area (Å²) in [5.74, 6) is 0.646. The third-order valence-electron chi connectivity index (χ3n) is 7.18. The average Bonchev–Trinajstić information content (AvgIpc) is 3.31. The summed E-state index contributed by atoms with van der Waals surface area (Å²) in [4.78, 5) is 7.82. The van der Waals surface area contributed by atoms with Gasteiger partial charge in [0.25, 0.3) is 0 Å². The van der Waals surface area contributed by atoms with E-state index in [2.05, 4.69) is 41.3 Å². The first-order valence-corrected chi connectivity index (χ1v) is 13.1. The standard InChI is InChI=1S/C28H27N5OS/c1-32-14-12-21(13-15-32)19-6-8-20(9-7-19)22-16-30-28-26(17-31-33(28)18-22)24-10-11-27(35(29)34)25-5-3-2-4-23(24)25/h2-11,16-18,21H,12-15,29H2,1H3. The minimum atomic E-state index is -1.55. The Morgan fingerprint density at radius 1 is 0.886 bits per heavy atom. The SMILES string of the molecule is CN1CCC(c2ccc(-c3cnc4c(-c5ccc([S+](N)[O-])c6ccccc56)cnn4c3)cc2)CC1. The number of hydrogen-bond donors (Lipinski definition) is 1. The number of likely N-dealkylation sites (tertiary alicyclic amines) is 1. The molecule has 0 amide bonds. The van der Waals surface area contributed by atoms with Crippen LogP contribution in [-0.2, 0) is 11.4 Å². The van der Waals surface area contributed by atoms with Crippen LogP contribution in [-0.4, -0.2) is 44.2 Å². The summed E-state index contributed by atoms with van der Waals surface area (Å²) < 4.78 is 13.9. The molecule has 0 spiro atoms. The molecule has 176 valence electrons. The first-order valence-electron chi connectivity index (χ1n) is 11.9. The molecule has 6 rings (SSSR count). The van der Waals surface area contributed by atoms with Gasteiger partial charge in [-0.15, -0.1) is 5.14 Å². The van der Waals surface area contributed by atoms with E-state index in [-0.39, 0.29) is 0 Å². The monoisotopic (exact) mass is 481 g/mol. The summed E-state index contributed by atoms with van der Waals surface area (Å²) in [6.45, 7) is 2.33. The van der Waals surface area contributed by atoms with E-state index in [1.165, 1.54) is 18.4 Å². The van der Waals surface area contributed by atoms with Crippen molar-refractivity contribution in [3.8, 4) is 22.3 Å². The number of nitrogens with two attached hydrogens (primary N) is 1. The van der Waals surface area contributed by atoms with Gasteiger partial charge in [-0.2, -0.15) is 5.10 Å². The van der Waals surface area contributed by atoms with E-state index in [4.69, 9.17) is 10.1 Å². The number of nitrogens with zero attached hydrogens (tertiary/aromatic N) is 4. The lowest BCUT2D eigenvalue weighted by atomic mass is 9.89. The molecule has 2 N–H and O–H groups in total. The molecule has 3 heterocycles. The molecular formula is C28H27N5OS. The van der Waals surface area contributed by atoms with Crippen LogP contribution in [0.3, 0.4) is 0 Å². The molecule has 1 aliphatic heterocycles. The number of benzene rings is 3. The summed E-state index contributed by atoms with van der Waals surface area (Å²) in [7, 11) is 2.20. The van der Waals surface area contributed by atoms with Gasteiger partial charge in [0.2, 0.25) is 0 Å². The van der Waals surface area contributed by atoms with Gasteiger partial charge in [-0.05, 0) is 79.2 Å². The van der Waals surface area contributed by atoms with Crippen LogP contribution in [0.4, 0.5) is 0 Å². The fraction of sp³-hybridized carbons (Fsp3) is 0.214. The molecule has 5 aromatic rings. The predicted molar refractivity (Wildman–Crippen MR) is 141 cm³/mol. The number of rotatable bonds is 4. The number of piperidine rings is 1. The Bertz CT molecular complexity index is 1500. The topological polar surface area (TPSA) is 82.5 Å². The second-order valence-corrected chi connectivity index (χ2v) is 10.4. The zero-order valence-electron chi connectivity index (χ0n) is 19.6. The van der Waals surface area contributed by atoms with Crippen LogP contribution in [0.2, 0.25) is 0 Å². The lowest BCUT2D eigenvalue weighted by Gasteiger charge is -2.29. The lowest BCUT2D eigenvalue weighted by molar-refractivity contribution is 0.255. The van der Waals surface area contributed by atoms with E-state index in [0.29, 0.717) is 10.8 Å². The first-order chi connectivity index (χ1) is 17.1. The maximum atomic E-state index is 12.0. The molecule has 35 heavy (non-hydrogen) atoms. The Kier molecular flexibility index (Phi) is 5.78. The molecule has 0 aliphatic carbocycles. The molecule has 0 radical (unpaired) electrons. The molecule has 0 bridgehead atoms. The molecule has 1 unspecified atom stereocenters. The molecule has 1 fully saturated rings.